The highest BCUT2D eigenvalue weighted by Gasteiger charge is 2.17. The Labute approximate surface area is 175 Å². The Hall–Kier alpha value is -2.97. The largest absolute Gasteiger partial charge is 0.379 e. The summed E-state index contributed by atoms with van der Waals surface area (Å²) >= 11 is 0. The number of nitrogens with zero attached hydrogens (tertiary/aromatic N) is 2. The van der Waals surface area contributed by atoms with E-state index in [2.05, 4.69) is 15.5 Å². The molecule has 0 spiro atoms. The summed E-state index contributed by atoms with van der Waals surface area (Å²) in [5.41, 5.74) is 1.54. The minimum Gasteiger partial charge on any atom is -0.379 e. The van der Waals surface area contributed by atoms with Crippen LogP contribution in [0.2, 0.25) is 0 Å². The van der Waals surface area contributed by atoms with Crippen LogP contribution in [-0.4, -0.2) is 70.2 Å². The SMILES string of the molecule is CN(C)c1ccc(NC(=O)c2ccccc2F)cc1C(=O)NCCN1CCOCC1. The molecule has 0 unspecified atom stereocenters. The molecule has 3 rings (SSSR count). The molecule has 0 atom stereocenters. The van der Waals surface area contributed by atoms with E-state index in [0.717, 1.165) is 25.3 Å². The molecule has 0 bridgehead atoms. The lowest BCUT2D eigenvalue weighted by Gasteiger charge is -2.26. The number of anilines is 2. The zero-order chi connectivity index (χ0) is 21.5. The molecule has 8 heteroatoms. The van der Waals surface area contributed by atoms with Crippen molar-refractivity contribution in [1.82, 2.24) is 10.2 Å². The fraction of sp³-hybridized carbons (Fsp3) is 0.364. The third-order valence-corrected chi connectivity index (χ3v) is 4.92. The van der Waals surface area contributed by atoms with Gasteiger partial charge < -0.3 is 20.3 Å². The van der Waals surface area contributed by atoms with Crippen molar-refractivity contribution in [2.75, 3.05) is 63.7 Å². The first-order valence-electron chi connectivity index (χ1n) is 9.91. The minimum absolute atomic E-state index is 0.0503. The van der Waals surface area contributed by atoms with Crippen LogP contribution in [0, 0.1) is 5.82 Å². The highest BCUT2D eigenvalue weighted by molar-refractivity contribution is 6.06. The first kappa shape index (κ1) is 21.7. The number of morpholine rings is 1. The Morgan fingerprint density at radius 1 is 1.07 bits per heavy atom. The van der Waals surface area contributed by atoms with E-state index in [1.807, 2.05) is 19.0 Å². The van der Waals surface area contributed by atoms with Crippen molar-refractivity contribution >= 4 is 23.2 Å². The van der Waals surface area contributed by atoms with Crippen LogP contribution in [0.3, 0.4) is 0 Å². The summed E-state index contributed by atoms with van der Waals surface area (Å²) in [5, 5.41) is 5.61. The van der Waals surface area contributed by atoms with Crippen LogP contribution in [0.5, 0.6) is 0 Å². The van der Waals surface area contributed by atoms with Crippen LogP contribution in [0.4, 0.5) is 15.8 Å². The summed E-state index contributed by atoms with van der Waals surface area (Å²) in [6, 6.07) is 10.8. The molecule has 2 aromatic rings. The smallest absolute Gasteiger partial charge is 0.258 e. The van der Waals surface area contributed by atoms with E-state index in [9.17, 15) is 14.0 Å². The molecule has 30 heavy (non-hydrogen) atoms. The van der Waals surface area contributed by atoms with Crippen LogP contribution in [0.25, 0.3) is 0 Å². The fourth-order valence-electron chi connectivity index (χ4n) is 3.28. The maximum Gasteiger partial charge on any atom is 0.258 e. The Morgan fingerprint density at radius 2 is 1.80 bits per heavy atom. The van der Waals surface area contributed by atoms with Gasteiger partial charge in [-0.3, -0.25) is 14.5 Å². The van der Waals surface area contributed by atoms with Crippen LogP contribution >= 0.6 is 0 Å². The zero-order valence-electron chi connectivity index (χ0n) is 17.3. The van der Waals surface area contributed by atoms with Crippen molar-refractivity contribution in [2.24, 2.45) is 0 Å². The van der Waals surface area contributed by atoms with Gasteiger partial charge in [0.05, 0.1) is 24.3 Å². The summed E-state index contributed by atoms with van der Waals surface area (Å²) in [4.78, 5) is 29.3. The number of rotatable bonds is 7. The maximum atomic E-state index is 13.9. The number of ether oxygens (including phenoxy) is 1. The molecule has 0 radical (unpaired) electrons. The van der Waals surface area contributed by atoms with Gasteiger partial charge in [-0.2, -0.15) is 0 Å². The van der Waals surface area contributed by atoms with Gasteiger partial charge in [-0.1, -0.05) is 12.1 Å². The predicted octanol–water partition coefficient (Wildman–Crippen LogP) is 2.21. The number of hydrogen-bond acceptors (Lipinski definition) is 5. The summed E-state index contributed by atoms with van der Waals surface area (Å²) in [5.74, 6) is -1.39. The van der Waals surface area contributed by atoms with Gasteiger partial charge in [-0.15, -0.1) is 0 Å². The molecule has 1 aliphatic heterocycles. The third-order valence-electron chi connectivity index (χ3n) is 4.92. The van der Waals surface area contributed by atoms with Crippen LogP contribution in [0.15, 0.2) is 42.5 Å². The topological polar surface area (TPSA) is 73.9 Å². The van der Waals surface area contributed by atoms with Gasteiger partial charge in [-0.25, -0.2) is 4.39 Å². The molecule has 0 aromatic heterocycles. The van der Waals surface area contributed by atoms with Crippen molar-refractivity contribution in [3.63, 3.8) is 0 Å². The van der Waals surface area contributed by atoms with Crippen molar-refractivity contribution in [2.45, 2.75) is 0 Å². The van der Waals surface area contributed by atoms with Gasteiger partial charge >= 0.3 is 0 Å². The number of amides is 2. The highest BCUT2D eigenvalue weighted by Crippen LogP contribution is 2.23. The number of hydrogen-bond donors (Lipinski definition) is 2. The summed E-state index contributed by atoms with van der Waals surface area (Å²) in [6.45, 7) is 4.39. The van der Waals surface area contributed by atoms with E-state index in [0.29, 0.717) is 31.0 Å². The average molecular weight is 414 g/mol. The maximum absolute atomic E-state index is 13.9. The third kappa shape index (κ3) is 5.55. The van der Waals surface area contributed by atoms with Gasteiger partial charge in [0.25, 0.3) is 11.8 Å². The Kier molecular flexibility index (Phi) is 7.37. The molecule has 7 nitrogen and oxygen atoms in total. The van der Waals surface area contributed by atoms with Gasteiger partial charge in [0, 0.05) is 51.6 Å². The van der Waals surface area contributed by atoms with Crippen LogP contribution in [-0.2, 0) is 4.74 Å². The molecule has 2 amide bonds. The molecule has 1 aliphatic rings. The van der Waals surface area contributed by atoms with E-state index in [-0.39, 0.29) is 11.5 Å². The Morgan fingerprint density at radius 3 is 2.50 bits per heavy atom. The van der Waals surface area contributed by atoms with Gasteiger partial charge in [0.2, 0.25) is 0 Å². The first-order valence-corrected chi connectivity index (χ1v) is 9.91. The lowest BCUT2D eigenvalue weighted by molar-refractivity contribution is 0.0383. The highest BCUT2D eigenvalue weighted by atomic mass is 19.1. The monoisotopic (exact) mass is 414 g/mol. The van der Waals surface area contributed by atoms with Gasteiger partial charge in [0.1, 0.15) is 5.82 Å². The second-order valence-corrected chi connectivity index (χ2v) is 7.27. The molecular weight excluding hydrogens is 387 g/mol. The van der Waals surface area contributed by atoms with E-state index in [4.69, 9.17) is 4.74 Å². The predicted molar refractivity (Wildman–Crippen MR) is 115 cm³/mol. The lowest BCUT2D eigenvalue weighted by atomic mass is 10.1. The normalized spacial score (nSPS) is 14.2. The summed E-state index contributed by atoms with van der Waals surface area (Å²) in [6.07, 6.45) is 0. The second kappa shape index (κ2) is 10.2. The van der Waals surface area contributed by atoms with Crippen LogP contribution in [0.1, 0.15) is 20.7 Å². The lowest BCUT2D eigenvalue weighted by Crippen LogP contribution is -2.41. The molecule has 1 fully saturated rings. The summed E-state index contributed by atoms with van der Waals surface area (Å²) in [7, 11) is 3.69. The van der Waals surface area contributed by atoms with Gasteiger partial charge in [0.15, 0.2) is 0 Å². The van der Waals surface area contributed by atoms with Crippen LogP contribution < -0.4 is 15.5 Å². The van der Waals surface area contributed by atoms with E-state index >= 15 is 0 Å². The molecule has 1 heterocycles. The van der Waals surface area contributed by atoms with E-state index in [1.165, 1.54) is 18.2 Å². The number of carbonyl (C=O) groups excluding carboxylic acids is 2. The molecule has 1 saturated heterocycles. The molecule has 0 saturated carbocycles. The van der Waals surface area contributed by atoms with Crippen molar-refractivity contribution in [3.8, 4) is 0 Å². The Bertz CT molecular complexity index is 898. The number of nitrogens with one attached hydrogen (secondary N) is 2. The Balaban J connectivity index is 1.69. The minimum atomic E-state index is -0.596. The first-order chi connectivity index (χ1) is 14.5. The average Bonchev–Trinajstić information content (AvgIpc) is 2.74. The van der Waals surface area contributed by atoms with E-state index in [1.54, 1.807) is 24.3 Å². The molecule has 0 aliphatic carbocycles. The number of carbonyl (C=O) groups is 2. The number of halogens is 1. The standard InChI is InChI=1S/C22H27FN4O3/c1-26(2)20-8-7-16(25-22(29)17-5-3-4-6-19(17)23)15-18(20)21(28)24-9-10-27-11-13-30-14-12-27/h3-8,15H,9-14H2,1-2H3,(H,24,28)(H,25,29). The molecule has 2 aromatic carbocycles. The quantitative estimate of drug-likeness (QED) is 0.727. The number of benzene rings is 2. The summed E-state index contributed by atoms with van der Waals surface area (Å²) < 4.78 is 19.2. The fourth-order valence-corrected chi connectivity index (χ4v) is 3.28. The van der Waals surface area contributed by atoms with Crippen molar-refractivity contribution in [3.05, 3.63) is 59.4 Å². The van der Waals surface area contributed by atoms with Crippen molar-refractivity contribution in [1.29, 1.82) is 0 Å². The second-order valence-electron chi connectivity index (χ2n) is 7.27. The van der Waals surface area contributed by atoms with E-state index < -0.39 is 11.7 Å². The zero-order valence-corrected chi connectivity index (χ0v) is 17.3. The van der Waals surface area contributed by atoms with Crippen molar-refractivity contribution < 1.29 is 18.7 Å². The molecule has 2 N–H and O–H groups in total. The molecule has 160 valence electrons. The molecular formula is C22H27FN4O3. The van der Waals surface area contributed by atoms with Gasteiger partial charge in [-0.05, 0) is 30.3 Å².